The fraction of sp³-hybridized carbons (Fsp3) is 0.920. The molecule has 1 heterocycles. The van der Waals surface area contributed by atoms with E-state index in [2.05, 4.69) is 16.8 Å². The van der Waals surface area contributed by atoms with Gasteiger partial charge in [-0.2, -0.15) is 0 Å². The molecule has 184 valence electrons. The largest absolute Gasteiger partial charge is 0.479 e. The number of carbonyl (C=O) groups is 1. The highest BCUT2D eigenvalue weighted by molar-refractivity contribution is 5.83. The Hall–Kier alpha value is -1.14. The zero-order valence-electron chi connectivity index (χ0n) is 20.5. The van der Waals surface area contributed by atoms with Gasteiger partial charge in [-0.05, 0) is 13.3 Å². The van der Waals surface area contributed by atoms with Crippen LogP contribution in [0.2, 0.25) is 0 Å². The molecule has 0 aliphatic carbocycles. The molecule has 31 heavy (non-hydrogen) atoms. The van der Waals surface area contributed by atoms with Crippen LogP contribution in [-0.2, 0) is 4.79 Å². The van der Waals surface area contributed by atoms with E-state index < -0.39 is 12.1 Å². The van der Waals surface area contributed by atoms with Gasteiger partial charge in [0.05, 0.1) is 12.4 Å². The van der Waals surface area contributed by atoms with Gasteiger partial charge in [0, 0.05) is 26.1 Å². The standard InChI is InChI=1S/C22H45N3.C3H6O3/c1-2-3-4-5-6-7-8-9-10-11-12-13-14-15-16-17-22-24-19-21-25(22)20-18-23;1-2(4)3(5)6/h2-21,23H2,1H3;2,4H,1H3,(H,5,6). The molecule has 0 bridgehead atoms. The molecule has 1 aliphatic rings. The zero-order chi connectivity index (χ0) is 23.2. The molecule has 0 radical (unpaired) electrons. The molecular formula is C25H51N3O3. The first-order valence-corrected chi connectivity index (χ1v) is 12.9. The fourth-order valence-corrected chi connectivity index (χ4v) is 3.82. The van der Waals surface area contributed by atoms with Crippen LogP contribution in [0.4, 0.5) is 0 Å². The first kappa shape index (κ1) is 29.9. The second-order valence-electron chi connectivity index (χ2n) is 8.79. The van der Waals surface area contributed by atoms with Crippen molar-refractivity contribution in [2.75, 3.05) is 26.2 Å². The lowest BCUT2D eigenvalue weighted by Gasteiger charge is -2.19. The van der Waals surface area contributed by atoms with E-state index in [-0.39, 0.29) is 0 Å². The van der Waals surface area contributed by atoms with Crippen molar-refractivity contribution in [3.05, 3.63) is 0 Å². The summed E-state index contributed by atoms with van der Waals surface area (Å²) in [5, 5.41) is 15.8. The van der Waals surface area contributed by atoms with Crippen LogP contribution in [0.15, 0.2) is 4.99 Å². The molecule has 1 atom stereocenters. The quantitative estimate of drug-likeness (QED) is 0.234. The van der Waals surface area contributed by atoms with Crippen molar-refractivity contribution < 1.29 is 15.0 Å². The van der Waals surface area contributed by atoms with Crippen molar-refractivity contribution in [1.29, 1.82) is 0 Å². The van der Waals surface area contributed by atoms with Crippen LogP contribution < -0.4 is 5.73 Å². The number of aliphatic imine (C=N–C) groups is 1. The monoisotopic (exact) mass is 441 g/mol. The van der Waals surface area contributed by atoms with Gasteiger partial charge < -0.3 is 20.8 Å². The number of nitrogens with two attached hydrogens (primary N) is 1. The van der Waals surface area contributed by atoms with Gasteiger partial charge in [-0.3, -0.25) is 4.99 Å². The Morgan fingerprint density at radius 1 is 0.935 bits per heavy atom. The number of aliphatic carboxylic acids is 1. The summed E-state index contributed by atoms with van der Waals surface area (Å²) >= 11 is 0. The van der Waals surface area contributed by atoms with Gasteiger partial charge in [-0.15, -0.1) is 0 Å². The molecule has 0 spiro atoms. The summed E-state index contributed by atoms with van der Waals surface area (Å²) in [6.45, 7) is 7.29. The van der Waals surface area contributed by atoms with Gasteiger partial charge in [0.15, 0.2) is 0 Å². The number of nitrogens with zero attached hydrogens (tertiary/aromatic N) is 2. The Morgan fingerprint density at radius 3 is 1.74 bits per heavy atom. The van der Waals surface area contributed by atoms with Crippen LogP contribution in [0.25, 0.3) is 0 Å². The van der Waals surface area contributed by atoms with Crippen LogP contribution in [0.5, 0.6) is 0 Å². The van der Waals surface area contributed by atoms with E-state index >= 15 is 0 Å². The number of unbranched alkanes of at least 4 members (excludes halogenated alkanes) is 14. The van der Waals surface area contributed by atoms with Crippen LogP contribution >= 0.6 is 0 Å². The smallest absolute Gasteiger partial charge is 0.332 e. The van der Waals surface area contributed by atoms with Crippen LogP contribution in [0, 0.1) is 0 Å². The topological polar surface area (TPSA) is 99.1 Å². The highest BCUT2D eigenvalue weighted by Gasteiger charge is 2.14. The van der Waals surface area contributed by atoms with Crippen LogP contribution in [-0.4, -0.2) is 59.2 Å². The van der Waals surface area contributed by atoms with Gasteiger partial charge in [0.25, 0.3) is 0 Å². The van der Waals surface area contributed by atoms with E-state index in [0.717, 1.165) is 32.6 Å². The van der Waals surface area contributed by atoms with E-state index in [1.165, 1.54) is 109 Å². The SMILES string of the molecule is CC(O)C(=O)O.CCCCCCCCCCCCCCCCCC1=NCCN1CCN. The minimum Gasteiger partial charge on any atom is -0.479 e. The molecule has 0 saturated carbocycles. The predicted molar refractivity (Wildman–Crippen MR) is 132 cm³/mol. The van der Waals surface area contributed by atoms with E-state index in [9.17, 15) is 4.79 Å². The van der Waals surface area contributed by atoms with Gasteiger partial charge in [-0.1, -0.05) is 96.8 Å². The maximum atomic E-state index is 9.45. The lowest BCUT2D eigenvalue weighted by atomic mass is 10.0. The molecule has 0 aromatic heterocycles. The number of amidine groups is 1. The Balaban J connectivity index is 0.00000131. The molecule has 0 aromatic carbocycles. The van der Waals surface area contributed by atoms with Gasteiger partial charge >= 0.3 is 5.97 Å². The lowest BCUT2D eigenvalue weighted by molar-refractivity contribution is -0.145. The third-order valence-electron chi connectivity index (χ3n) is 5.79. The Morgan fingerprint density at radius 2 is 1.35 bits per heavy atom. The van der Waals surface area contributed by atoms with E-state index in [1.807, 2.05) is 0 Å². The zero-order valence-corrected chi connectivity index (χ0v) is 20.5. The first-order valence-electron chi connectivity index (χ1n) is 12.9. The molecule has 0 amide bonds. The maximum absolute atomic E-state index is 9.45. The number of aliphatic hydroxyl groups excluding tert-OH is 1. The van der Waals surface area contributed by atoms with Crippen LogP contribution in [0.3, 0.4) is 0 Å². The van der Waals surface area contributed by atoms with Crippen molar-refractivity contribution in [2.45, 2.75) is 123 Å². The number of aliphatic hydroxyl groups is 1. The summed E-state index contributed by atoms with van der Waals surface area (Å²) in [5.74, 6) is 0.134. The second-order valence-corrected chi connectivity index (χ2v) is 8.79. The fourth-order valence-electron chi connectivity index (χ4n) is 3.82. The van der Waals surface area contributed by atoms with Crippen molar-refractivity contribution in [3.8, 4) is 0 Å². The third-order valence-corrected chi connectivity index (χ3v) is 5.79. The number of hydrogen-bond donors (Lipinski definition) is 3. The summed E-state index contributed by atoms with van der Waals surface area (Å²) in [4.78, 5) is 16.5. The molecule has 1 rings (SSSR count). The highest BCUT2D eigenvalue weighted by Crippen LogP contribution is 2.14. The minimum atomic E-state index is -1.23. The highest BCUT2D eigenvalue weighted by atomic mass is 16.4. The van der Waals surface area contributed by atoms with Crippen molar-refractivity contribution in [3.63, 3.8) is 0 Å². The molecule has 1 aliphatic heterocycles. The first-order chi connectivity index (χ1) is 15.0. The van der Waals surface area contributed by atoms with Gasteiger partial charge in [0.2, 0.25) is 0 Å². The molecule has 0 saturated heterocycles. The summed E-state index contributed by atoms with van der Waals surface area (Å²) < 4.78 is 0. The van der Waals surface area contributed by atoms with E-state index in [4.69, 9.17) is 15.9 Å². The number of hydrogen-bond acceptors (Lipinski definition) is 5. The molecular weight excluding hydrogens is 390 g/mol. The van der Waals surface area contributed by atoms with Gasteiger partial charge in [-0.25, -0.2) is 4.79 Å². The summed E-state index contributed by atoms with van der Waals surface area (Å²) in [7, 11) is 0. The Labute approximate surface area is 191 Å². The number of carboxylic acid groups (broad SMARTS) is 1. The van der Waals surface area contributed by atoms with E-state index in [0.29, 0.717) is 0 Å². The number of carboxylic acids is 1. The average Bonchev–Trinajstić information content (AvgIpc) is 3.18. The summed E-state index contributed by atoms with van der Waals surface area (Å²) in [6, 6.07) is 0. The average molecular weight is 442 g/mol. The molecule has 1 unspecified atom stereocenters. The maximum Gasteiger partial charge on any atom is 0.332 e. The van der Waals surface area contributed by atoms with Crippen LogP contribution in [0.1, 0.15) is 117 Å². The van der Waals surface area contributed by atoms with Crippen molar-refractivity contribution >= 4 is 11.8 Å². The Kier molecular flexibility index (Phi) is 21.3. The third kappa shape index (κ3) is 19.3. The molecule has 4 N–H and O–H groups in total. The van der Waals surface area contributed by atoms with Gasteiger partial charge in [0.1, 0.15) is 6.10 Å². The summed E-state index contributed by atoms with van der Waals surface area (Å²) in [5.41, 5.74) is 5.66. The predicted octanol–water partition coefficient (Wildman–Crippen LogP) is 5.37. The Bertz CT molecular complexity index is 442. The molecule has 0 fully saturated rings. The van der Waals surface area contributed by atoms with Crippen molar-refractivity contribution in [2.24, 2.45) is 10.7 Å². The minimum absolute atomic E-state index is 0.748. The lowest BCUT2D eigenvalue weighted by Crippen LogP contribution is -2.32. The molecule has 6 nitrogen and oxygen atoms in total. The van der Waals surface area contributed by atoms with Crippen molar-refractivity contribution in [1.82, 2.24) is 4.90 Å². The number of rotatable bonds is 19. The normalized spacial score (nSPS) is 14.2. The summed E-state index contributed by atoms with van der Waals surface area (Å²) in [6.07, 6.45) is 21.4. The molecule has 6 heteroatoms. The molecule has 0 aromatic rings. The second kappa shape index (κ2) is 22.1. The van der Waals surface area contributed by atoms with E-state index in [1.54, 1.807) is 0 Å².